The lowest BCUT2D eigenvalue weighted by atomic mass is 9.82. The normalized spacial score (nSPS) is 13.1. The summed E-state index contributed by atoms with van der Waals surface area (Å²) in [6.07, 6.45) is 0. The summed E-state index contributed by atoms with van der Waals surface area (Å²) in [6, 6.07) is 60.7. The van der Waals surface area contributed by atoms with Crippen molar-refractivity contribution in [3.05, 3.63) is 181 Å². The summed E-state index contributed by atoms with van der Waals surface area (Å²) < 4.78 is 2.40. The van der Waals surface area contributed by atoms with Crippen LogP contribution in [0.4, 0.5) is 0 Å². The van der Waals surface area contributed by atoms with Gasteiger partial charge in [0.25, 0.3) is 0 Å². The van der Waals surface area contributed by atoms with Gasteiger partial charge in [0.2, 0.25) is 0 Å². The first-order chi connectivity index (χ1) is 26.5. The average Bonchev–Trinajstić information content (AvgIpc) is 3.67. The quantitative estimate of drug-likeness (QED) is 0.173. The molecule has 0 amide bonds. The summed E-state index contributed by atoms with van der Waals surface area (Å²) in [5.41, 5.74) is 11.7. The number of para-hydroxylation sites is 1. The van der Waals surface area contributed by atoms with E-state index in [2.05, 4.69) is 170 Å². The Balaban J connectivity index is 1.05. The van der Waals surface area contributed by atoms with Gasteiger partial charge >= 0.3 is 0 Å². The van der Waals surface area contributed by atoms with Crippen LogP contribution in [0.25, 0.3) is 94.3 Å². The average molecular weight is 691 g/mol. The molecule has 2 heterocycles. The highest BCUT2D eigenvalue weighted by Gasteiger charge is 2.36. The SMILES string of the molecule is CC1(C)c2ccccc2-c2cc3c4ccccc4n(-c4ccc(-c5nc(-c6ccccc6)nc(-c6ccc7c(ccc8ccccc87)c6)n5)cc4)c3cc21. The van der Waals surface area contributed by atoms with E-state index in [0.29, 0.717) is 17.5 Å². The largest absolute Gasteiger partial charge is 0.309 e. The van der Waals surface area contributed by atoms with Crippen LogP contribution in [0.3, 0.4) is 0 Å². The van der Waals surface area contributed by atoms with E-state index in [1.165, 1.54) is 60.2 Å². The maximum absolute atomic E-state index is 5.11. The second-order valence-corrected chi connectivity index (χ2v) is 14.9. The third-order valence-electron chi connectivity index (χ3n) is 11.4. The van der Waals surface area contributed by atoms with Crippen molar-refractivity contribution in [2.45, 2.75) is 19.3 Å². The highest BCUT2D eigenvalue weighted by molar-refractivity contribution is 6.12. The highest BCUT2D eigenvalue weighted by atomic mass is 15.0. The molecule has 11 rings (SSSR count). The van der Waals surface area contributed by atoms with Gasteiger partial charge in [0.1, 0.15) is 0 Å². The first kappa shape index (κ1) is 30.7. The van der Waals surface area contributed by atoms with Crippen molar-refractivity contribution in [1.29, 1.82) is 0 Å². The van der Waals surface area contributed by atoms with Crippen LogP contribution in [0.2, 0.25) is 0 Å². The van der Waals surface area contributed by atoms with Gasteiger partial charge in [-0.1, -0.05) is 135 Å². The number of fused-ring (bicyclic) bond motifs is 9. The maximum atomic E-state index is 5.11. The van der Waals surface area contributed by atoms with Crippen LogP contribution >= 0.6 is 0 Å². The van der Waals surface area contributed by atoms with Crippen molar-refractivity contribution in [1.82, 2.24) is 19.5 Å². The summed E-state index contributed by atoms with van der Waals surface area (Å²) in [5.74, 6) is 1.94. The molecule has 10 aromatic rings. The Morgan fingerprint density at radius 2 is 1.00 bits per heavy atom. The van der Waals surface area contributed by atoms with Crippen LogP contribution in [-0.4, -0.2) is 19.5 Å². The highest BCUT2D eigenvalue weighted by Crippen LogP contribution is 2.51. The molecule has 0 atom stereocenters. The number of hydrogen-bond acceptors (Lipinski definition) is 3. The molecule has 2 aromatic heterocycles. The Labute approximate surface area is 313 Å². The molecule has 8 aromatic carbocycles. The molecule has 1 aliphatic carbocycles. The molecule has 0 saturated carbocycles. The fourth-order valence-electron chi connectivity index (χ4n) is 8.70. The molecule has 0 fully saturated rings. The number of aromatic nitrogens is 4. The van der Waals surface area contributed by atoms with E-state index in [9.17, 15) is 0 Å². The van der Waals surface area contributed by atoms with E-state index in [4.69, 9.17) is 15.0 Å². The van der Waals surface area contributed by atoms with E-state index in [1.54, 1.807) is 0 Å². The Morgan fingerprint density at radius 1 is 0.389 bits per heavy atom. The minimum Gasteiger partial charge on any atom is -0.309 e. The summed E-state index contributed by atoms with van der Waals surface area (Å²) in [5, 5.41) is 7.35. The fourth-order valence-corrected chi connectivity index (χ4v) is 8.70. The molecule has 4 heteroatoms. The van der Waals surface area contributed by atoms with Crippen LogP contribution in [0.15, 0.2) is 170 Å². The van der Waals surface area contributed by atoms with Gasteiger partial charge in [0, 0.05) is 38.6 Å². The molecule has 0 N–H and O–H groups in total. The van der Waals surface area contributed by atoms with Crippen LogP contribution < -0.4 is 0 Å². The molecule has 254 valence electrons. The third-order valence-corrected chi connectivity index (χ3v) is 11.4. The van der Waals surface area contributed by atoms with Gasteiger partial charge < -0.3 is 4.57 Å². The van der Waals surface area contributed by atoms with Crippen LogP contribution in [-0.2, 0) is 5.41 Å². The lowest BCUT2D eigenvalue weighted by Gasteiger charge is -2.21. The second-order valence-electron chi connectivity index (χ2n) is 14.9. The van der Waals surface area contributed by atoms with Crippen molar-refractivity contribution < 1.29 is 0 Å². The maximum Gasteiger partial charge on any atom is 0.164 e. The van der Waals surface area contributed by atoms with Crippen molar-refractivity contribution in [3.63, 3.8) is 0 Å². The van der Waals surface area contributed by atoms with Crippen LogP contribution in [0, 0.1) is 0 Å². The van der Waals surface area contributed by atoms with Gasteiger partial charge in [0.05, 0.1) is 11.0 Å². The van der Waals surface area contributed by atoms with E-state index in [0.717, 1.165) is 27.8 Å². The summed E-state index contributed by atoms with van der Waals surface area (Å²) >= 11 is 0. The van der Waals surface area contributed by atoms with Gasteiger partial charge in [-0.3, -0.25) is 0 Å². The van der Waals surface area contributed by atoms with Gasteiger partial charge in [-0.2, -0.15) is 0 Å². The fraction of sp³-hybridized carbons (Fsp3) is 0.0600. The summed E-state index contributed by atoms with van der Waals surface area (Å²) in [4.78, 5) is 15.2. The summed E-state index contributed by atoms with van der Waals surface area (Å²) in [6.45, 7) is 4.69. The van der Waals surface area contributed by atoms with Crippen LogP contribution in [0.1, 0.15) is 25.0 Å². The smallest absolute Gasteiger partial charge is 0.164 e. The molecule has 0 spiro atoms. The predicted octanol–water partition coefficient (Wildman–Crippen LogP) is 12.6. The zero-order valence-electron chi connectivity index (χ0n) is 30.0. The molecule has 0 radical (unpaired) electrons. The number of benzene rings is 8. The molecular weight excluding hydrogens is 657 g/mol. The van der Waals surface area contributed by atoms with E-state index in [1.807, 2.05) is 18.2 Å². The molecule has 54 heavy (non-hydrogen) atoms. The standard InChI is InChI=1S/C50H34N4/c1-50(2)43-18-10-8-16-39(43)41-29-42-40-17-9-11-19-45(40)54(46(42)30-44(41)50)36-25-22-33(23-26-36)48-51-47(32-13-4-3-5-14-32)52-49(53-48)35-24-27-38-34(28-35)21-20-31-12-6-7-15-37(31)38/h3-30H,1-2H3. The lowest BCUT2D eigenvalue weighted by molar-refractivity contribution is 0.661. The second kappa shape index (κ2) is 11.5. The van der Waals surface area contributed by atoms with Crippen molar-refractivity contribution >= 4 is 43.4 Å². The number of rotatable bonds is 4. The number of hydrogen-bond donors (Lipinski definition) is 0. The molecule has 0 saturated heterocycles. The van der Waals surface area contributed by atoms with Crippen molar-refractivity contribution in [2.24, 2.45) is 0 Å². The van der Waals surface area contributed by atoms with E-state index in [-0.39, 0.29) is 5.41 Å². The minimum absolute atomic E-state index is 0.0864. The minimum atomic E-state index is -0.0864. The third kappa shape index (κ3) is 4.60. The Kier molecular flexibility index (Phi) is 6.56. The van der Waals surface area contributed by atoms with Gasteiger partial charge in [0.15, 0.2) is 17.5 Å². The Morgan fingerprint density at radius 3 is 1.81 bits per heavy atom. The Bertz CT molecular complexity index is 3120. The summed E-state index contributed by atoms with van der Waals surface area (Å²) in [7, 11) is 0. The van der Waals surface area contributed by atoms with Crippen molar-refractivity contribution in [3.8, 4) is 51.0 Å². The molecule has 0 bridgehead atoms. The lowest BCUT2D eigenvalue weighted by Crippen LogP contribution is -2.14. The Hall–Kier alpha value is -6.91. The molecule has 0 aliphatic heterocycles. The van der Waals surface area contributed by atoms with Gasteiger partial charge in [-0.25, -0.2) is 15.0 Å². The number of nitrogens with zero attached hydrogens (tertiary/aromatic N) is 4. The molecule has 4 nitrogen and oxygen atoms in total. The topological polar surface area (TPSA) is 43.6 Å². The van der Waals surface area contributed by atoms with Gasteiger partial charge in [-0.15, -0.1) is 0 Å². The molecule has 0 unspecified atom stereocenters. The first-order valence-corrected chi connectivity index (χ1v) is 18.5. The van der Waals surface area contributed by atoms with Crippen molar-refractivity contribution in [2.75, 3.05) is 0 Å². The van der Waals surface area contributed by atoms with E-state index >= 15 is 0 Å². The monoisotopic (exact) mass is 690 g/mol. The zero-order chi connectivity index (χ0) is 36.0. The molecule has 1 aliphatic rings. The first-order valence-electron chi connectivity index (χ1n) is 18.5. The zero-order valence-corrected chi connectivity index (χ0v) is 30.0. The molecular formula is C50H34N4. The predicted molar refractivity (Wildman–Crippen MR) is 223 cm³/mol. The van der Waals surface area contributed by atoms with Crippen LogP contribution in [0.5, 0.6) is 0 Å². The van der Waals surface area contributed by atoms with Gasteiger partial charge in [-0.05, 0) is 92.3 Å². The van der Waals surface area contributed by atoms with E-state index < -0.39 is 0 Å².